The van der Waals surface area contributed by atoms with Crippen molar-refractivity contribution >= 4 is 21.7 Å². The van der Waals surface area contributed by atoms with Crippen molar-refractivity contribution in [2.45, 2.75) is 38.5 Å². The molecule has 4 rings (SSSR count). The number of ether oxygens (including phenoxy) is 1. The molecule has 2 aliphatic rings. The van der Waals surface area contributed by atoms with Gasteiger partial charge in [0.05, 0.1) is 19.4 Å². The Morgan fingerprint density at radius 1 is 1.09 bits per heavy atom. The van der Waals surface area contributed by atoms with Crippen molar-refractivity contribution < 1.29 is 17.9 Å². The van der Waals surface area contributed by atoms with Gasteiger partial charge in [0, 0.05) is 18.7 Å². The summed E-state index contributed by atoms with van der Waals surface area (Å²) in [6, 6.07) is 15.5. The molecule has 32 heavy (non-hydrogen) atoms. The number of hydrogen-bond acceptors (Lipinski definition) is 4. The van der Waals surface area contributed by atoms with Gasteiger partial charge in [0.2, 0.25) is 0 Å². The van der Waals surface area contributed by atoms with Gasteiger partial charge in [-0.3, -0.25) is 4.90 Å². The standard InChI is InChI=1S/C24H32N3O4S/c1-3-18-32(29,30)25-27(22-10-8-21(9-11-22)20-6-7-20)17-16-26(24(27)28)15-14-19-4-12-23(31-2)13-5-19/h4-5,8-13,20,25H,3,6-7,14-18H2,1-2H3/q+1. The molecule has 1 saturated heterocycles. The number of rotatable bonds is 10. The minimum Gasteiger partial charge on any atom is -0.497 e. The van der Waals surface area contributed by atoms with Crippen molar-refractivity contribution in [2.75, 3.05) is 32.5 Å². The highest BCUT2D eigenvalue weighted by Gasteiger charge is 2.51. The fourth-order valence-electron chi connectivity index (χ4n) is 4.31. The van der Waals surface area contributed by atoms with Crippen LogP contribution in [0, 0.1) is 0 Å². The maximum absolute atomic E-state index is 13.6. The van der Waals surface area contributed by atoms with Crippen LogP contribution in [0.5, 0.6) is 5.75 Å². The van der Waals surface area contributed by atoms with Crippen molar-refractivity contribution in [3.8, 4) is 5.75 Å². The maximum atomic E-state index is 13.6. The number of nitrogens with zero attached hydrogens (tertiary/aromatic N) is 2. The summed E-state index contributed by atoms with van der Waals surface area (Å²) in [6.45, 7) is 3.21. The van der Waals surface area contributed by atoms with E-state index >= 15 is 0 Å². The normalized spacial score (nSPS) is 21.2. The lowest BCUT2D eigenvalue weighted by Crippen LogP contribution is -2.64. The van der Waals surface area contributed by atoms with Gasteiger partial charge in [-0.25, -0.2) is 13.2 Å². The largest absolute Gasteiger partial charge is 0.497 e. The van der Waals surface area contributed by atoms with Crippen molar-refractivity contribution in [2.24, 2.45) is 0 Å². The van der Waals surface area contributed by atoms with Crippen LogP contribution < -0.4 is 14.2 Å². The highest BCUT2D eigenvalue weighted by molar-refractivity contribution is 7.89. The second-order valence-corrected chi connectivity index (χ2v) is 10.5. The number of methoxy groups -OCH3 is 1. The number of urea groups is 1. The first-order valence-corrected chi connectivity index (χ1v) is 12.9. The van der Waals surface area contributed by atoms with Crippen LogP contribution in [0.3, 0.4) is 0 Å². The molecule has 2 fully saturated rings. The molecule has 1 aliphatic carbocycles. The molecule has 1 N–H and O–H groups in total. The van der Waals surface area contributed by atoms with Gasteiger partial charge in [0.1, 0.15) is 12.3 Å². The van der Waals surface area contributed by atoms with Crippen LogP contribution in [-0.2, 0) is 16.4 Å². The quantitative estimate of drug-likeness (QED) is 0.550. The van der Waals surface area contributed by atoms with Gasteiger partial charge in [-0.15, -0.1) is 4.59 Å². The summed E-state index contributed by atoms with van der Waals surface area (Å²) < 4.78 is 30.3. The molecule has 1 saturated carbocycles. The van der Waals surface area contributed by atoms with Gasteiger partial charge in [0.15, 0.2) is 5.69 Å². The SMILES string of the molecule is CCCS(=O)(=O)N[N+]1(c2ccc(C3CC3)cc2)CCN(CCc2ccc(OC)cc2)C1=O. The zero-order chi connectivity index (χ0) is 22.8. The molecular formula is C24H32N3O4S+. The van der Waals surface area contributed by atoms with E-state index in [1.165, 1.54) is 18.4 Å². The zero-order valence-electron chi connectivity index (χ0n) is 18.8. The van der Waals surface area contributed by atoms with Crippen LogP contribution in [-0.4, -0.2) is 51.8 Å². The molecule has 8 heteroatoms. The Morgan fingerprint density at radius 2 is 1.78 bits per heavy atom. The summed E-state index contributed by atoms with van der Waals surface area (Å²) in [5.74, 6) is 1.39. The molecule has 0 spiro atoms. The van der Waals surface area contributed by atoms with Crippen LogP contribution in [0.1, 0.15) is 43.2 Å². The highest BCUT2D eigenvalue weighted by atomic mass is 32.2. The van der Waals surface area contributed by atoms with Crippen molar-refractivity contribution in [3.63, 3.8) is 0 Å². The Hall–Kier alpha value is -2.42. The molecule has 0 aromatic heterocycles. The lowest BCUT2D eigenvalue weighted by atomic mass is 10.1. The van der Waals surface area contributed by atoms with E-state index < -0.39 is 10.0 Å². The van der Waals surface area contributed by atoms with Crippen molar-refractivity contribution in [3.05, 3.63) is 59.7 Å². The first-order valence-electron chi connectivity index (χ1n) is 11.3. The lowest BCUT2D eigenvalue weighted by Gasteiger charge is -2.29. The van der Waals surface area contributed by atoms with E-state index in [0.29, 0.717) is 44.1 Å². The van der Waals surface area contributed by atoms with Crippen LogP contribution in [0.15, 0.2) is 48.5 Å². The van der Waals surface area contributed by atoms with E-state index in [4.69, 9.17) is 4.74 Å². The molecule has 0 bridgehead atoms. The Balaban J connectivity index is 1.55. The highest BCUT2D eigenvalue weighted by Crippen LogP contribution is 2.41. The molecule has 1 aliphatic heterocycles. The summed E-state index contributed by atoms with van der Waals surface area (Å²) in [5, 5.41) is 0. The molecule has 2 aromatic carbocycles. The number of carbonyl (C=O) groups is 1. The predicted molar refractivity (Wildman–Crippen MR) is 126 cm³/mol. The fourth-order valence-corrected chi connectivity index (χ4v) is 5.69. The molecule has 1 heterocycles. The van der Waals surface area contributed by atoms with Gasteiger partial charge in [-0.05, 0) is 59.7 Å². The second-order valence-electron chi connectivity index (χ2n) is 8.68. The summed E-state index contributed by atoms with van der Waals surface area (Å²) >= 11 is 0. The van der Waals surface area contributed by atoms with Gasteiger partial charge >= 0.3 is 6.03 Å². The number of carbonyl (C=O) groups excluding carboxylic acids is 1. The van der Waals surface area contributed by atoms with E-state index in [2.05, 4.69) is 4.83 Å². The molecule has 1 unspecified atom stereocenters. The Kier molecular flexibility index (Phi) is 6.55. The van der Waals surface area contributed by atoms with Crippen molar-refractivity contribution in [1.29, 1.82) is 0 Å². The smallest absolute Gasteiger partial charge is 0.444 e. The average molecular weight is 459 g/mol. The minimum atomic E-state index is -3.61. The summed E-state index contributed by atoms with van der Waals surface area (Å²) in [5.41, 5.74) is 3.03. The summed E-state index contributed by atoms with van der Waals surface area (Å²) in [6.07, 6.45) is 3.57. The third-order valence-corrected chi connectivity index (χ3v) is 7.82. The zero-order valence-corrected chi connectivity index (χ0v) is 19.6. The third-order valence-electron chi connectivity index (χ3n) is 6.28. The van der Waals surface area contributed by atoms with E-state index in [-0.39, 0.29) is 16.4 Å². The molecule has 2 amide bonds. The van der Waals surface area contributed by atoms with Crippen LogP contribution in [0.25, 0.3) is 0 Å². The first-order chi connectivity index (χ1) is 15.4. The minimum absolute atomic E-state index is 0.00765. The second kappa shape index (κ2) is 9.21. The maximum Gasteiger partial charge on any atom is 0.444 e. The van der Waals surface area contributed by atoms with Gasteiger partial charge in [-0.2, -0.15) is 0 Å². The number of benzene rings is 2. The van der Waals surface area contributed by atoms with Gasteiger partial charge in [-0.1, -0.05) is 31.2 Å². The van der Waals surface area contributed by atoms with Crippen LogP contribution in [0.2, 0.25) is 0 Å². The Bertz CT molecular complexity index is 1050. The summed E-state index contributed by atoms with van der Waals surface area (Å²) in [4.78, 5) is 18.1. The van der Waals surface area contributed by atoms with E-state index in [0.717, 1.165) is 11.3 Å². The summed E-state index contributed by atoms with van der Waals surface area (Å²) in [7, 11) is -1.97. The van der Waals surface area contributed by atoms with E-state index in [1.807, 2.05) is 55.5 Å². The Labute approximate surface area is 190 Å². The number of amides is 2. The number of nitrogens with one attached hydrogen (secondary N) is 1. The van der Waals surface area contributed by atoms with Crippen LogP contribution >= 0.6 is 0 Å². The molecule has 1 atom stereocenters. The van der Waals surface area contributed by atoms with E-state index in [9.17, 15) is 13.2 Å². The molecule has 2 aromatic rings. The monoisotopic (exact) mass is 458 g/mol. The lowest BCUT2D eigenvalue weighted by molar-refractivity contribution is 0.186. The molecule has 172 valence electrons. The topological polar surface area (TPSA) is 75.7 Å². The molecule has 0 radical (unpaired) electrons. The molecule has 7 nitrogen and oxygen atoms in total. The molecular weight excluding hydrogens is 426 g/mol. The van der Waals surface area contributed by atoms with Crippen LogP contribution in [0.4, 0.5) is 10.5 Å². The fraction of sp³-hybridized carbons (Fsp3) is 0.458. The Morgan fingerprint density at radius 3 is 2.38 bits per heavy atom. The number of quaternary nitrogens is 1. The van der Waals surface area contributed by atoms with Crippen molar-refractivity contribution in [1.82, 2.24) is 14.3 Å². The number of sulfonamides is 1. The van der Waals surface area contributed by atoms with E-state index in [1.54, 1.807) is 12.0 Å². The predicted octanol–water partition coefficient (Wildman–Crippen LogP) is 3.80. The average Bonchev–Trinajstić information content (AvgIpc) is 3.59. The van der Waals surface area contributed by atoms with Gasteiger partial charge < -0.3 is 4.74 Å². The first kappa shape index (κ1) is 22.8. The van der Waals surface area contributed by atoms with Gasteiger partial charge in [0.25, 0.3) is 10.0 Å². The third kappa shape index (κ3) is 4.82. The number of hydrogen-bond donors (Lipinski definition) is 1.